The van der Waals surface area contributed by atoms with Crippen molar-refractivity contribution in [3.8, 4) is 0 Å². The Morgan fingerprint density at radius 3 is 2.09 bits per heavy atom. The van der Waals surface area contributed by atoms with E-state index >= 15 is 0 Å². The van der Waals surface area contributed by atoms with Crippen molar-refractivity contribution in [2.24, 2.45) is 0 Å². The zero-order valence-corrected chi connectivity index (χ0v) is 13.5. The zero-order valence-electron chi connectivity index (χ0n) is 13.5. The number of rotatable bonds is 7. The highest BCUT2D eigenvalue weighted by Gasteiger charge is 2.21. The molecule has 0 unspecified atom stereocenters. The van der Waals surface area contributed by atoms with Crippen molar-refractivity contribution < 1.29 is 9.47 Å². The van der Waals surface area contributed by atoms with Crippen LogP contribution in [-0.2, 0) is 22.7 Å². The van der Waals surface area contributed by atoms with Gasteiger partial charge in [0.05, 0.1) is 25.9 Å². The first kappa shape index (κ1) is 16.2. The summed E-state index contributed by atoms with van der Waals surface area (Å²) < 4.78 is 11.8. The summed E-state index contributed by atoms with van der Waals surface area (Å²) in [4.78, 5) is 0. The molecule has 23 heavy (non-hydrogen) atoms. The van der Waals surface area contributed by atoms with Crippen molar-refractivity contribution in [2.75, 3.05) is 13.2 Å². The molecule has 2 aromatic rings. The van der Waals surface area contributed by atoms with Crippen LogP contribution >= 0.6 is 0 Å². The summed E-state index contributed by atoms with van der Waals surface area (Å²) in [6, 6.07) is 21.1. The third-order valence-corrected chi connectivity index (χ3v) is 4.23. The van der Waals surface area contributed by atoms with Crippen molar-refractivity contribution in [3.05, 3.63) is 71.8 Å². The molecule has 122 valence electrons. The normalized spacial score (nSPS) is 21.2. The van der Waals surface area contributed by atoms with Crippen LogP contribution in [0.25, 0.3) is 0 Å². The second-order valence-electron chi connectivity index (χ2n) is 6.10. The molecule has 3 nitrogen and oxygen atoms in total. The van der Waals surface area contributed by atoms with Gasteiger partial charge in [0, 0.05) is 12.6 Å². The van der Waals surface area contributed by atoms with Gasteiger partial charge >= 0.3 is 0 Å². The first-order chi connectivity index (χ1) is 11.4. The number of nitrogens with one attached hydrogen (secondary N) is 1. The summed E-state index contributed by atoms with van der Waals surface area (Å²) in [6.45, 7) is 3.06. The van der Waals surface area contributed by atoms with Crippen LogP contribution in [0.2, 0.25) is 0 Å². The summed E-state index contributed by atoms with van der Waals surface area (Å²) in [5.74, 6) is 0. The maximum atomic E-state index is 5.99. The summed E-state index contributed by atoms with van der Waals surface area (Å²) in [6.07, 6.45) is 2.51. The fourth-order valence-electron chi connectivity index (χ4n) is 2.86. The van der Waals surface area contributed by atoms with Gasteiger partial charge in [-0.1, -0.05) is 60.7 Å². The van der Waals surface area contributed by atoms with Crippen LogP contribution in [0.4, 0.5) is 0 Å². The van der Waals surface area contributed by atoms with Gasteiger partial charge in [-0.3, -0.25) is 0 Å². The summed E-state index contributed by atoms with van der Waals surface area (Å²) in [5.41, 5.74) is 2.47. The van der Waals surface area contributed by atoms with E-state index in [1.165, 1.54) is 11.1 Å². The van der Waals surface area contributed by atoms with E-state index in [0.29, 0.717) is 25.4 Å². The Morgan fingerprint density at radius 1 is 0.826 bits per heavy atom. The van der Waals surface area contributed by atoms with Gasteiger partial charge < -0.3 is 14.8 Å². The number of hydrogen-bond acceptors (Lipinski definition) is 3. The van der Waals surface area contributed by atoms with Crippen LogP contribution in [0, 0.1) is 0 Å². The van der Waals surface area contributed by atoms with Crippen molar-refractivity contribution in [3.63, 3.8) is 0 Å². The molecule has 1 fully saturated rings. The number of piperidine rings is 1. The van der Waals surface area contributed by atoms with E-state index in [4.69, 9.17) is 9.47 Å². The van der Waals surface area contributed by atoms with Crippen LogP contribution in [-0.4, -0.2) is 25.3 Å². The van der Waals surface area contributed by atoms with E-state index in [0.717, 1.165) is 26.0 Å². The lowest BCUT2D eigenvalue weighted by Gasteiger charge is -2.29. The summed E-state index contributed by atoms with van der Waals surface area (Å²) in [5, 5.41) is 3.54. The van der Waals surface area contributed by atoms with E-state index in [1.54, 1.807) is 0 Å². The van der Waals surface area contributed by atoms with Crippen molar-refractivity contribution in [2.45, 2.75) is 38.2 Å². The zero-order chi connectivity index (χ0) is 15.7. The molecule has 0 amide bonds. The van der Waals surface area contributed by atoms with Crippen LogP contribution in [0.3, 0.4) is 0 Å². The predicted molar refractivity (Wildman–Crippen MR) is 92.1 cm³/mol. The lowest BCUT2D eigenvalue weighted by molar-refractivity contribution is 0.00582. The Bertz CT molecular complexity index is 550. The smallest absolute Gasteiger partial charge is 0.0721 e. The van der Waals surface area contributed by atoms with Crippen molar-refractivity contribution in [1.82, 2.24) is 5.32 Å². The van der Waals surface area contributed by atoms with Crippen LogP contribution < -0.4 is 5.32 Å². The molecule has 1 N–H and O–H groups in total. The minimum absolute atomic E-state index is 0.306. The molecule has 1 heterocycles. The van der Waals surface area contributed by atoms with Gasteiger partial charge in [-0.2, -0.15) is 0 Å². The molecule has 0 radical (unpaired) electrons. The Labute approximate surface area is 138 Å². The van der Waals surface area contributed by atoms with E-state index in [1.807, 2.05) is 24.3 Å². The highest BCUT2D eigenvalue weighted by molar-refractivity contribution is 5.14. The number of benzene rings is 2. The van der Waals surface area contributed by atoms with Crippen LogP contribution in [0.15, 0.2) is 60.7 Å². The van der Waals surface area contributed by atoms with Crippen molar-refractivity contribution in [1.29, 1.82) is 0 Å². The fourth-order valence-corrected chi connectivity index (χ4v) is 2.86. The van der Waals surface area contributed by atoms with Gasteiger partial charge in [0.15, 0.2) is 0 Å². The molecule has 1 aliphatic heterocycles. The van der Waals surface area contributed by atoms with Crippen molar-refractivity contribution >= 4 is 0 Å². The summed E-state index contributed by atoms with van der Waals surface area (Å²) >= 11 is 0. The van der Waals surface area contributed by atoms with Gasteiger partial charge in [-0.15, -0.1) is 0 Å². The maximum Gasteiger partial charge on any atom is 0.0721 e. The minimum Gasteiger partial charge on any atom is -0.375 e. The van der Waals surface area contributed by atoms with Gasteiger partial charge in [-0.05, 0) is 24.0 Å². The average molecular weight is 311 g/mol. The van der Waals surface area contributed by atoms with E-state index < -0.39 is 0 Å². The molecule has 0 aromatic heterocycles. The molecular weight excluding hydrogens is 286 g/mol. The molecule has 0 spiro atoms. The van der Waals surface area contributed by atoms with Gasteiger partial charge in [-0.25, -0.2) is 0 Å². The first-order valence-corrected chi connectivity index (χ1v) is 8.41. The van der Waals surface area contributed by atoms with Crippen LogP contribution in [0.1, 0.15) is 24.0 Å². The molecule has 0 bridgehead atoms. The quantitative estimate of drug-likeness (QED) is 0.848. The number of ether oxygens (including phenoxy) is 2. The predicted octanol–water partition coefficient (Wildman–Crippen LogP) is 3.54. The molecule has 2 aromatic carbocycles. The maximum absolute atomic E-state index is 5.99. The third-order valence-electron chi connectivity index (χ3n) is 4.23. The highest BCUT2D eigenvalue weighted by atomic mass is 16.5. The second-order valence-corrected chi connectivity index (χ2v) is 6.10. The highest BCUT2D eigenvalue weighted by Crippen LogP contribution is 2.14. The molecule has 3 rings (SSSR count). The SMILES string of the molecule is c1ccc(COC[C@H]2CC[C@H](OCc3ccccc3)CN2)cc1. The van der Waals surface area contributed by atoms with Crippen LogP contribution in [0.5, 0.6) is 0 Å². The largest absolute Gasteiger partial charge is 0.375 e. The van der Waals surface area contributed by atoms with E-state index in [-0.39, 0.29) is 0 Å². The molecule has 3 heteroatoms. The standard InChI is InChI=1S/C20H25NO2/c1-3-7-17(8-4-1)14-22-16-19-11-12-20(13-21-19)23-15-18-9-5-2-6-10-18/h1-10,19-21H,11-16H2/t19-,20+/m1/s1. The molecule has 2 atom stereocenters. The topological polar surface area (TPSA) is 30.5 Å². The van der Waals surface area contributed by atoms with Gasteiger partial charge in [0.25, 0.3) is 0 Å². The molecular formula is C20H25NO2. The minimum atomic E-state index is 0.306. The Morgan fingerprint density at radius 2 is 1.48 bits per heavy atom. The lowest BCUT2D eigenvalue weighted by atomic mass is 10.0. The first-order valence-electron chi connectivity index (χ1n) is 8.41. The molecule has 1 saturated heterocycles. The third kappa shape index (κ3) is 5.47. The summed E-state index contributed by atoms with van der Waals surface area (Å²) in [7, 11) is 0. The molecule has 1 aliphatic rings. The molecule has 0 saturated carbocycles. The number of hydrogen-bond donors (Lipinski definition) is 1. The Balaban J connectivity index is 1.31. The van der Waals surface area contributed by atoms with Gasteiger partial charge in [0.1, 0.15) is 0 Å². The fraction of sp³-hybridized carbons (Fsp3) is 0.400. The Hall–Kier alpha value is -1.68. The Kier molecular flexibility index (Phi) is 6.21. The average Bonchev–Trinajstić information content (AvgIpc) is 2.63. The van der Waals surface area contributed by atoms with E-state index in [2.05, 4.69) is 41.7 Å². The monoisotopic (exact) mass is 311 g/mol. The van der Waals surface area contributed by atoms with E-state index in [9.17, 15) is 0 Å². The lowest BCUT2D eigenvalue weighted by Crippen LogP contribution is -2.44. The molecule has 0 aliphatic carbocycles. The van der Waals surface area contributed by atoms with Gasteiger partial charge in [0.2, 0.25) is 0 Å². The second kappa shape index (κ2) is 8.82.